The Morgan fingerprint density at radius 1 is 1.37 bits per heavy atom. The number of carbonyl (C=O) groups is 1. The number of halogens is 3. The molecule has 0 unspecified atom stereocenters. The number of fused-ring (bicyclic) bond motifs is 1. The van der Waals surface area contributed by atoms with Gasteiger partial charge in [-0.25, -0.2) is 4.79 Å². The Kier molecular flexibility index (Phi) is 6.26. The molecule has 1 aromatic carbocycles. The van der Waals surface area contributed by atoms with Crippen molar-refractivity contribution < 1.29 is 37.3 Å². The lowest BCUT2D eigenvalue weighted by Crippen LogP contribution is -2.45. The van der Waals surface area contributed by atoms with Crippen LogP contribution in [0.5, 0.6) is 5.75 Å². The van der Waals surface area contributed by atoms with Crippen molar-refractivity contribution in [2.75, 3.05) is 13.2 Å². The summed E-state index contributed by atoms with van der Waals surface area (Å²) < 4.78 is 55.0. The topological polar surface area (TPSA) is 77.0 Å². The Balaban J connectivity index is 2.29. The van der Waals surface area contributed by atoms with E-state index in [0.717, 1.165) is 12.1 Å². The van der Waals surface area contributed by atoms with Gasteiger partial charge < -0.3 is 24.6 Å². The van der Waals surface area contributed by atoms with E-state index in [9.17, 15) is 23.1 Å². The van der Waals surface area contributed by atoms with Gasteiger partial charge in [0.15, 0.2) is 0 Å². The average molecular weight is 391 g/mol. The van der Waals surface area contributed by atoms with E-state index in [-0.39, 0.29) is 19.0 Å². The van der Waals surface area contributed by atoms with E-state index in [1.807, 2.05) is 0 Å². The second-order valence-electron chi connectivity index (χ2n) is 7.41. The maximum Gasteiger partial charge on any atom is 0.416 e. The van der Waals surface area contributed by atoms with Crippen molar-refractivity contribution in [2.45, 2.75) is 57.7 Å². The zero-order valence-corrected chi connectivity index (χ0v) is 15.6. The number of carbonyl (C=O) groups excluding carboxylic acids is 1. The van der Waals surface area contributed by atoms with Crippen LogP contribution in [0.25, 0.3) is 0 Å². The molecule has 6 nitrogen and oxygen atoms in total. The fourth-order valence-electron chi connectivity index (χ4n) is 2.57. The zero-order chi connectivity index (χ0) is 20.4. The van der Waals surface area contributed by atoms with Crippen LogP contribution < -0.4 is 10.1 Å². The summed E-state index contributed by atoms with van der Waals surface area (Å²) >= 11 is 0. The first-order valence-electron chi connectivity index (χ1n) is 8.50. The van der Waals surface area contributed by atoms with Gasteiger partial charge in [0.2, 0.25) is 0 Å². The lowest BCUT2D eigenvalue weighted by atomic mass is 9.96. The number of hydrogen-bond donors (Lipinski definition) is 2. The van der Waals surface area contributed by atoms with Crippen LogP contribution >= 0.6 is 0 Å². The van der Waals surface area contributed by atoms with Gasteiger partial charge >= 0.3 is 12.3 Å². The molecule has 3 atom stereocenters. The van der Waals surface area contributed by atoms with Crippen molar-refractivity contribution in [3.8, 4) is 5.75 Å². The molecule has 1 heterocycles. The fraction of sp³-hybridized carbons (Fsp3) is 0.611. The third-order valence-corrected chi connectivity index (χ3v) is 3.67. The molecule has 0 saturated carbocycles. The van der Waals surface area contributed by atoms with E-state index >= 15 is 0 Å². The summed E-state index contributed by atoms with van der Waals surface area (Å²) in [5, 5.41) is 12.1. The summed E-state index contributed by atoms with van der Waals surface area (Å²) in [6.45, 7) is 6.52. The fourth-order valence-corrected chi connectivity index (χ4v) is 2.57. The normalized spacial score (nSPS) is 21.0. The van der Waals surface area contributed by atoms with Crippen molar-refractivity contribution in [3.05, 3.63) is 29.3 Å². The van der Waals surface area contributed by atoms with Crippen molar-refractivity contribution >= 4 is 6.09 Å². The standard InChI is InChI=1S/C18H24F3NO5/c1-10(23)8-25-14-9-26-13-7-11(18(19,20)21)5-6-12(13)15(14)22-16(24)27-17(2,3)4/h5-7,10,14-15,23H,8-9H2,1-4H3,(H,22,24)/t10-,14-,15+/m0/s1. The predicted octanol–water partition coefficient (Wildman–Crippen LogP) is 3.43. The first-order chi connectivity index (χ1) is 12.4. The second kappa shape index (κ2) is 7.93. The number of amides is 1. The molecule has 2 N–H and O–H groups in total. The molecule has 152 valence electrons. The molecule has 0 aromatic heterocycles. The first-order valence-corrected chi connectivity index (χ1v) is 8.50. The summed E-state index contributed by atoms with van der Waals surface area (Å²) in [6, 6.07) is 2.27. The molecular formula is C18H24F3NO5. The van der Waals surface area contributed by atoms with Gasteiger partial charge in [-0.3, -0.25) is 0 Å². The minimum absolute atomic E-state index is 0.0165. The highest BCUT2D eigenvalue weighted by Gasteiger charge is 2.37. The van der Waals surface area contributed by atoms with Gasteiger partial charge in [-0.2, -0.15) is 13.2 Å². The molecule has 0 fully saturated rings. The largest absolute Gasteiger partial charge is 0.490 e. The van der Waals surface area contributed by atoms with Crippen molar-refractivity contribution in [1.82, 2.24) is 5.32 Å². The smallest absolute Gasteiger partial charge is 0.416 e. The van der Waals surface area contributed by atoms with Gasteiger partial charge in [0.05, 0.1) is 24.3 Å². The van der Waals surface area contributed by atoms with Gasteiger partial charge in [0.1, 0.15) is 24.1 Å². The van der Waals surface area contributed by atoms with E-state index in [1.54, 1.807) is 20.8 Å². The quantitative estimate of drug-likeness (QED) is 0.822. The number of rotatable bonds is 4. The number of hydrogen-bond acceptors (Lipinski definition) is 5. The molecule has 0 bridgehead atoms. The highest BCUT2D eigenvalue weighted by molar-refractivity contribution is 5.69. The van der Waals surface area contributed by atoms with E-state index in [4.69, 9.17) is 14.2 Å². The maximum absolute atomic E-state index is 12.9. The first kappa shape index (κ1) is 21.3. The highest BCUT2D eigenvalue weighted by Crippen LogP contribution is 2.39. The minimum Gasteiger partial charge on any atom is -0.490 e. The number of alkyl carbamates (subject to hydrolysis) is 1. The summed E-state index contributed by atoms with van der Waals surface area (Å²) in [4.78, 5) is 12.2. The molecule has 0 spiro atoms. The van der Waals surface area contributed by atoms with E-state index in [0.29, 0.717) is 5.56 Å². The van der Waals surface area contributed by atoms with Gasteiger partial charge in [-0.15, -0.1) is 0 Å². The molecule has 0 radical (unpaired) electrons. The molecule has 27 heavy (non-hydrogen) atoms. The molecule has 1 aromatic rings. The molecule has 1 amide bonds. The van der Waals surface area contributed by atoms with Crippen LogP contribution in [0.2, 0.25) is 0 Å². The maximum atomic E-state index is 12.9. The summed E-state index contributed by atoms with van der Waals surface area (Å²) in [5.74, 6) is 0.0165. The number of nitrogens with one attached hydrogen (secondary N) is 1. The molecule has 1 aliphatic heterocycles. The zero-order valence-electron chi connectivity index (χ0n) is 15.6. The van der Waals surface area contributed by atoms with Crippen molar-refractivity contribution in [1.29, 1.82) is 0 Å². The Morgan fingerprint density at radius 2 is 2.04 bits per heavy atom. The molecule has 9 heteroatoms. The monoisotopic (exact) mass is 391 g/mol. The summed E-state index contributed by atoms with van der Waals surface area (Å²) in [6.07, 6.45) is -6.69. The highest BCUT2D eigenvalue weighted by atomic mass is 19.4. The van der Waals surface area contributed by atoms with Gasteiger partial charge in [-0.1, -0.05) is 6.07 Å². The lowest BCUT2D eigenvalue weighted by Gasteiger charge is -2.35. The van der Waals surface area contributed by atoms with Crippen molar-refractivity contribution in [3.63, 3.8) is 0 Å². The summed E-state index contributed by atoms with van der Waals surface area (Å²) in [5.41, 5.74) is -1.25. The summed E-state index contributed by atoms with van der Waals surface area (Å²) in [7, 11) is 0. The van der Waals surface area contributed by atoms with Gasteiger partial charge in [-0.05, 0) is 39.8 Å². The Morgan fingerprint density at radius 3 is 2.59 bits per heavy atom. The van der Waals surface area contributed by atoms with Crippen molar-refractivity contribution in [2.24, 2.45) is 0 Å². The third kappa shape index (κ3) is 6.00. The number of aliphatic hydroxyl groups is 1. The van der Waals surface area contributed by atoms with E-state index in [2.05, 4.69) is 5.32 Å². The van der Waals surface area contributed by atoms with Crippen LogP contribution in [0.3, 0.4) is 0 Å². The number of aliphatic hydroxyl groups excluding tert-OH is 1. The van der Waals surface area contributed by atoms with Crippen LogP contribution in [-0.4, -0.2) is 42.2 Å². The van der Waals surface area contributed by atoms with Crippen LogP contribution in [0.1, 0.15) is 44.9 Å². The second-order valence-corrected chi connectivity index (χ2v) is 7.41. The van der Waals surface area contributed by atoms with Gasteiger partial charge in [0, 0.05) is 5.56 Å². The Hall–Kier alpha value is -2.00. The average Bonchev–Trinajstić information content (AvgIpc) is 2.50. The molecular weight excluding hydrogens is 367 g/mol. The lowest BCUT2D eigenvalue weighted by molar-refractivity contribution is -0.137. The van der Waals surface area contributed by atoms with E-state index in [1.165, 1.54) is 13.0 Å². The van der Waals surface area contributed by atoms with Crippen LogP contribution in [0.15, 0.2) is 18.2 Å². The SMILES string of the molecule is C[C@H](O)CO[C@H]1COc2cc(C(F)(F)F)ccc2[C@H]1NC(=O)OC(C)(C)C. The number of alkyl halides is 3. The minimum atomic E-state index is -4.51. The number of benzene rings is 1. The Labute approximate surface area is 155 Å². The van der Waals surface area contributed by atoms with E-state index < -0.39 is 41.7 Å². The Bertz CT molecular complexity index is 670. The molecule has 0 aliphatic carbocycles. The third-order valence-electron chi connectivity index (χ3n) is 3.67. The predicted molar refractivity (Wildman–Crippen MR) is 90.5 cm³/mol. The molecule has 2 rings (SSSR count). The van der Waals surface area contributed by atoms with Gasteiger partial charge in [0.25, 0.3) is 0 Å². The number of ether oxygens (including phenoxy) is 3. The van der Waals surface area contributed by atoms with Crippen LogP contribution in [0, 0.1) is 0 Å². The van der Waals surface area contributed by atoms with Crippen LogP contribution in [0.4, 0.5) is 18.0 Å². The molecule has 1 aliphatic rings. The molecule has 0 saturated heterocycles. The van der Waals surface area contributed by atoms with Crippen LogP contribution in [-0.2, 0) is 15.7 Å².